The van der Waals surface area contributed by atoms with Gasteiger partial charge in [0.05, 0.1) is 11.3 Å². The minimum Gasteiger partial charge on any atom is -0.470 e. The lowest BCUT2D eigenvalue weighted by molar-refractivity contribution is -0.141. The molecule has 4 aromatic rings. The average molecular weight is 871 g/mol. The van der Waals surface area contributed by atoms with Gasteiger partial charge in [-0.1, -0.05) is 54.8 Å². The van der Waals surface area contributed by atoms with Gasteiger partial charge in [0.2, 0.25) is 27.4 Å². The van der Waals surface area contributed by atoms with Crippen LogP contribution >= 0.6 is 0 Å². The number of hydrogen-bond donors (Lipinski definition) is 3. The standard InChI is InChI=1S/C45H51FN6O9S/c1-26-14-16-27(17-15-26)38-48-36-32-22-29(46)18-19-35(32)61-37(36)40(49-38)59-31-23-34-39(53)50-45(42(55)51-62(57,58)44(2)20-21-44)24-28(45)10-6-4-3-5-7-13-33(41(54)52(34)25-31)47-43(56)60-30-11-8-9-12-30/h6,10,14-19,22,28,30-31,33-34H,3-5,7-9,11-13,20-21,23-25H2,1-2H3,(H,47,56)(H,50,53)(H,51,55)/b10-6-/t28-,31+,33-,34-,45+/m0/s1. The van der Waals surface area contributed by atoms with Crippen molar-refractivity contribution in [2.45, 2.75) is 132 Å². The molecule has 328 valence electrons. The van der Waals surface area contributed by atoms with Gasteiger partial charge < -0.3 is 29.4 Å². The Hall–Kier alpha value is -5.58. The lowest BCUT2D eigenvalue weighted by Gasteiger charge is -2.30. The third-order valence-electron chi connectivity index (χ3n) is 13.2. The number of ether oxygens (including phenoxy) is 2. The van der Waals surface area contributed by atoms with Crippen LogP contribution in [-0.4, -0.2) is 88.2 Å². The second kappa shape index (κ2) is 16.3. The molecule has 2 aliphatic heterocycles. The summed E-state index contributed by atoms with van der Waals surface area (Å²) in [7, 11) is -4.04. The maximum absolute atomic E-state index is 14.8. The Morgan fingerprint density at radius 1 is 0.984 bits per heavy atom. The molecule has 17 heteroatoms. The molecule has 2 aromatic heterocycles. The van der Waals surface area contributed by atoms with Crippen molar-refractivity contribution in [3.63, 3.8) is 0 Å². The SMILES string of the molecule is Cc1ccc(-c2nc(O[C@@H]3C[C@H]4C(=O)N[C@]5(C(=O)NS(=O)(=O)C6(C)CC6)C[C@@H]5/C=C\CCCCC[C@H](NC(=O)OC5CCCC5)C(=O)N4C3)c3oc4ccc(F)cc4c3n2)cc1. The van der Waals surface area contributed by atoms with Crippen LogP contribution in [0, 0.1) is 18.7 Å². The third kappa shape index (κ3) is 8.22. The first kappa shape index (κ1) is 41.8. The van der Waals surface area contributed by atoms with E-state index in [1.54, 1.807) is 6.92 Å². The minimum absolute atomic E-state index is 0.0135. The van der Waals surface area contributed by atoms with Crippen molar-refractivity contribution in [2.75, 3.05) is 6.54 Å². The molecule has 9 rings (SSSR count). The van der Waals surface area contributed by atoms with Crippen molar-refractivity contribution in [1.29, 1.82) is 0 Å². The largest absolute Gasteiger partial charge is 0.470 e. The predicted octanol–water partition coefficient (Wildman–Crippen LogP) is 6.27. The van der Waals surface area contributed by atoms with Crippen LogP contribution in [0.15, 0.2) is 59.0 Å². The molecule has 15 nitrogen and oxygen atoms in total. The molecule has 0 unspecified atom stereocenters. The summed E-state index contributed by atoms with van der Waals surface area (Å²) in [6.07, 6.45) is 9.33. The number of furan rings is 1. The van der Waals surface area contributed by atoms with Crippen LogP contribution in [0.4, 0.5) is 9.18 Å². The van der Waals surface area contributed by atoms with E-state index >= 15 is 0 Å². The second-order valence-corrected chi connectivity index (χ2v) is 20.0. The van der Waals surface area contributed by atoms with Crippen LogP contribution < -0.4 is 20.1 Å². The Morgan fingerprint density at radius 3 is 2.50 bits per heavy atom. The number of allylic oxidation sites excluding steroid dienone is 1. The number of fused-ring (bicyclic) bond motifs is 5. The summed E-state index contributed by atoms with van der Waals surface area (Å²) in [5.41, 5.74) is 0.906. The molecule has 1 saturated heterocycles. The molecule has 3 N–H and O–H groups in total. The lowest BCUT2D eigenvalue weighted by atomic mass is 10.0. The molecule has 0 bridgehead atoms. The number of benzene rings is 2. The topological polar surface area (TPSA) is 199 Å². The lowest BCUT2D eigenvalue weighted by Crippen LogP contribution is -2.58. The van der Waals surface area contributed by atoms with Gasteiger partial charge in [0, 0.05) is 23.3 Å². The van der Waals surface area contributed by atoms with Crippen molar-refractivity contribution in [3.8, 4) is 17.3 Å². The number of hydrogen-bond acceptors (Lipinski definition) is 11. The first-order valence-corrected chi connectivity index (χ1v) is 23.2. The van der Waals surface area contributed by atoms with Gasteiger partial charge in [0.1, 0.15) is 46.7 Å². The van der Waals surface area contributed by atoms with E-state index in [2.05, 4.69) is 15.4 Å². The monoisotopic (exact) mass is 870 g/mol. The number of sulfonamides is 1. The molecule has 3 aliphatic carbocycles. The van der Waals surface area contributed by atoms with Crippen LogP contribution in [0.3, 0.4) is 0 Å². The maximum Gasteiger partial charge on any atom is 0.408 e. The molecular weight excluding hydrogens is 820 g/mol. The van der Waals surface area contributed by atoms with Crippen molar-refractivity contribution >= 4 is 55.9 Å². The Labute approximate surface area is 358 Å². The summed E-state index contributed by atoms with van der Waals surface area (Å²) in [6.45, 7) is 3.41. The number of aryl methyl sites for hydroxylation is 1. The van der Waals surface area contributed by atoms with Gasteiger partial charge in [-0.15, -0.1) is 0 Å². The highest BCUT2D eigenvalue weighted by Gasteiger charge is 2.63. The number of amides is 4. The first-order chi connectivity index (χ1) is 29.7. The molecule has 4 heterocycles. The smallest absolute Gasteiger partial charge is 0.408 e. The van der Waals surface area contributed by atoms with Gasteiger partial charge >= 0.3 is 6.09 Å². The van der Waals surface area contributed by atoms with E-state index in [-0.39, 0.29) is 49.2 Å². The Bertz CT molecular complexity index is 2570. The van der Waals surface area contributed by atoms with E-state index in [0.717, 1.165) is 44.1 Å². The molecular formula is C45H51FN6O9S. The van der Waals surface area contributed by atoms with Gasteiger partial charge in [0.15, 0.2) is 5.82 Å². The Kier molecular flexibility index (Phi) is 11.0. The summed E-state index contributed by atoms with van der Waals surface area (Å²) in [5, 5.41) is 6.10. The number of carbonyl (C=O) groups excluding carboxylic acids is 4. The molecule has 0 radical (unpaired) electrons. The number of carbonyl (C=O) groups is 4. The average Bonchev–Trinajstić information content (AvgIpc) is 3.91. The van der Waals surface area contributed by atoms with E-state index in [0.29, 0.717) is 47.7 Å². The van der Waals surface area contributed by atoms with Gasteiger partial charge in [-0.2, -0.15) is 4.98 Å². The fraction of sp³-hybridized carbons (Fsp3) is 0.511. The number of nitrogens with zero attached hydrogens (tertiary/aromatic N) is 3. The van der Waals surface area contributed by atoms with E-state index in [1.807, 2.05) is 43.3 Å². The molecule has 62 heavy (non-hydrogen) atoms. The molecule has 5 aliphatic rings. The predicted molar refractivity (Wildman–Crippen MR) is 226 cm³/mol. The van der Waals surface area contributed by atoms with Gasteiger partial charge in [0.25, 0.3) is 11.8 Å². The highest BCUT2D eigenvalue weighted by atomic mass is 32.2. The fourth-order valence-electron chi connectivity index (χ4n) is 8.94. The normalized spacial score (nSPS) is 27.0. The minimum atomic E-state index is -4.04. The highest BCUT2D eigenvalue weighted by Crippen LogP contribution is 2.48. The summed E-state index contributed by atoms with van der Waals surface area (Å²) in [5.74, 6) is -2.72. The zero-order valence-electron chi connectivity index (χ0n) is 34.8. The Morgan fingerprint density at radius 2 is 1.74 bits per heavy atom. The Balaban J connectivity index is 1.06. The summed E-state index contributed by atoms with van der Waals surface area (Å²) >= 11 is 0. The number of rotatable bonds is 8. The molecule has 3 saturated carbocycles. The van der Waals surface area contributed by atoms with Crippen LogP contribution in [0.5, 0.6) is 5.88 Å². The molecule has 5 atom stereocenters. The molecule has 2 aromatic carbocycles. The zero-order valence-corrected chi connectivity index (χ0v) is 35.6. The van der Waals surface area contributed by atoms with Crippen LogP contribution in [-0.2, 0) is 29.1 Å². The molecule has 4 amide bonds. The maximum atomic E-state index is 14.8. The van der Waals surface area contributed by atoms with Crippen molar-refractivity contribution in [2.24, 2.45) is 5.92 Å². The van der Waals surface area contributed by atoms with Crippen molar-refractivity contribution in [3.05, 3.63) is 66.0 Å². The van der Waals surface area contributed by atoms with Crippen LogP contribution in [0.25, 0.3) is 33.5 Å². The number of aromatic nitrogens is 2. The number of alkyl carbamates (subject to hydrolysis) is 1. The number of nitrogens with one attached hydrogen (secondary N) is 3. The fourth-order valence-corrected chi connectivity index (χ4v) is 10.3. The summed E-state index contributed by atoms with van der Waals surface area (Å²) < 4.78 is 60.8. The van der Waals surface area contributed by atoms with Crippen LogP contribution in [0.2, 0.25) is 0 Å². The highest BCUT2D eigenvalue weighted by molar-refractivity contribution is 7.91. The summed E-state index contributed by atoms with van der Waals surface area (Å²) in [6, 6.07) is 9.35. The van der Waals surface area contributed by atoms with Gasteiger partial charge in [-0.3, -0.25) is 19.1 Å². The van der Waals surface area contributed by atoms with Crippen molar-refractivity contribution in [1.82, 2.24) is 30.2 Å². The summed E-state index contributed by atoms with van der Waals surface area (Å²) in [4.78, 5) is 67.6. The van der Waals surface area contributed by atoms with Gasteiger partial charge in [-0.25, -0.2) is 22.6 Å². The van der Waals surface area contributed by atoms with E-state index < -0.39 is 74.0 Å². The third-order valence-corrected chi connectivity index (χ3v) is 15.3. The molecule has 4 fully saturated rings. The molecule has 0 spiro atoms. The zero-order chi connectivity index (χ0) is 43.4. The number of halogens is 1. The first-order valence-electron chi connectivity index (χ1n) is 21.7. The van der Waals surface area contributed by atoms with E-state index in [9.17, 15) is 32.0 Å². The van der Waals surface area contributed by atoms with Gasteiger partial charge in [-0.05, 0) is 96.3 Å². The van der Waals surface area contributed by atoms with E-state index in [1.165, 1.54) is 23.1 Å². The van der Waals surface area contributed by atoms with E-state index in [4.69, 9.17) is 23.9 Å². The second-order valence-electron chi connectivity index (χ2n) is 17.9. The quantitative estimate of drug-likeness (QED) is 0.169. The van der Waals surface area contributed by atoms with Crippen molar-refractivity contribution < 1.29 is 45.9 Å². The van der Waals surface area contributed by atoms with Crippen LogP contribution in [0.1, 0.15) is 96.0 Å².